The van der Waals surface area contributed by atoms with Crippen LogP contribution in [0.15, 0.2) is 42.5 Å². The second kappa shape index (κ2) is 8.16. The molecule has 0 bridgehead atoms. The Balaban J connectivity index is 2.39. The van der Waals surface area contributed by atoms with E-state index >= 15 is 0 Å². The van der Waals surface area contributed by atoms with Gasteiger partial charge in [-0.15, -0.1) is 0 Å². The maximum atomic E-state index is 2.50. The summed E-state index contributed by atoms with van der Waals surface area (Å²) in [6, 6.07) is 16.6. The molecule has 150 valence electrons. The third-order valence-electron chi connectivity index (χ3n) is 6.00. The Kier molecular flexibility index (Phi) is 6.21. The van der Waals surface area contributed by atoms with Gasteiger partial charge in [-0.2, -0.15) is 0 Å². The normalized spacial score (nSPS) is 12.8. The number of hydrogen-bond acceptors (Lipinski definition) is 0. The van der Waals surface area contributed by atoms with E-state index in [0.717, 1.165) is 0 Å². The van der Waals surface area contributed by atoms with Crippen molar-refractivity contribution in [3.8, 4) is 0 Å². The Hall–Kier alpha value is -1.39. The molecule has 0 aliphatic heterocycles. The van der Waals surface area contributed by atoms with Crippen molar-refractivity contribution < 1.29 is 0 Å². The summed E-state index contributed by atoms with van der Waals surface area (Å²) in [4.78, 5) is 0. The van der Waals surface area contributed by atoms with Crippen LogP contribution in [-0.4, -0.2) is 16.1 Å². The highest BCUT2D eigenvalue weighted by Gasteiger charge is 2.25. The van der Waals surface area contributed by atoms with Gasteiger partial charge in [0, 0.05) is 0 Å². The molecule has 0 aliphatic rings. The average molecular weight is 407 g/mol. The predicted octanol–water partition coefficient (Wildman–Crippen LogP) is 7.21. The molecule has 0 saturated heterocycles. The Morgan fingerprint density at radius 1 is 0.643 bits per heavy atom. The first-order valence-electron chi connectivity index (χ1n) is 11.1. The summed E-state index contributed by atoms with van der Waals surface area (Å²) >= 11 is 0. The van der Waals surface area contributed by atoms with Gasteiger partial charge in [-0.05, 0) is 46.0 Å². The van der Waals surface area contributed by atoms with Crippen LogP contribution < -0.4 is 10.4 Å². The van der Waals surface area contributed by atoms with Crippen molar-refractivity contribution in [1.82, 2.24) is 0 Å². The van der Waals surface area contributed by atoms with Crippen LogP contribution in [0, 0.1) is 0 Å². The van der Waals surface area contributed by atoms with Gasteiger partial charge >= 0.3 is 0 Å². The van der Waals surface area contributed by atoms with Gasteiger partial charge in [0.25, 0.3) is 0 Å². The van der Waals surface area contributed by atoms with Crippen LogP contribution in [0.3, 0.4) is 0 Å². The third-order valence-corrected chi connectivity index (χ3v) is 10.1. The zero-order valence-electron chi connectivity index (χ0n) is 19.1. The van der Waals surface area contributed by atoms with Crippen molar-refractivity contribution in [1.29, 1.82) is 0 Å². The van der Waals surface area contributed by atoms with E-state index in [2.05, 4.69) is 88.7 Å². The van der Waals surface area contributed by atoms with Crippen LogP contribution in [0.2, 0.25) is 39.3 Å². The molecule has 2 heteroatoms. The lowest BCUT2D eigenvalue weighted by Crippen LogP contribution is -2.40. The quantitative estimate of drug-likeness (QED) is 0.221. The fourth-order valence-corrected chi connectivity index (χ4v) is 7.86. The number of benzene rings is 3. The molecular formula is C26H38Si2. The topological polar surface area (TPSA) is 0 Å². The first-order chi connectivity index (χ1) is 13.1. The van der Waals surface area contributed by atoms with Crippen LogP contribution in [0.4, 0.5) is 0 Å². The number of hydrogen-bond donors (Lipinski definition) is 0. The molecule has 3 aromatic rings. The number of aryl methyl sites for hydroxylation is 1. The average Bonchev–Trinajstić information content (AvgIpc) is 2.61. The summed E-state index contributed by atoms with van der Waals surface area (Å²) in [5, 5.41) is 9.37. The molecule has 0 nitrogen and oxygen atoms in total. The molecule has 28 heavy (non-hydrogen) atoms. The van der Waals surface area contributed by atoms with Crippen molar-refractivity contribution in [2.75, 3.05) is 0 Å². The van der Waals surface area contributed by atoms with Crippen LogP contribution in [0.5, 0.6) is 0 Å². The van der Waals surface area contributed by atoms with Crippen molar-refractivity contribution >= 4 is 48.1 Å². The van der Waals surface area contributed by atoms with Gasteiger partial charge in [-0.25, -0.2) is 0 Å². The minimum atomic E-state index is -1.42. The SMILES string of the molecule is CCCCCCc1c2c([Si](C)(C)C)cccc2cc2cccc([Si](C)(C)C)c12. The van der Waals surface area contributed by atoms with Crippen LogP contribution >= 0.6 is 0 Å². The maximum Gasteiger partial charge on any atom is 0.0784 e. The molecule has 0 amide bonds. The molecule has 0 atom stereocenters. The summed E-state index contributed by atoms with van der Waals surface area (Å²) < 4.78 is 0. The van der Waals surface area contributed by atoms with E-state index in [1.54, 1.807) is 26.7 Å². The van der Waals surface area contributed by atoms with Crippen molar-refractivity contribution in [3.05, 3.63) is 48.0 Å². The molecule has 0 spiro atoms. The fourth-order valence-electron chi connectivity index (χ4n) is 4.58. The van der Waals surface area contributed by atoms with E-state index in [0.29, 0.717) is 0 Å². The minimum Gasteiger partial charge on any atom is -0.0656 e. The largest absolute Gasteiger partial charge is 0.0784 e. The van der Waals surface area contributed by atoms with Crippen molar-refractivity contribution in [3.63, 3.8) is 0 Å². The number of unbranched alkanes of at least 4 members (excludes halogenated alkanes) is 3. The monoisotopic (exact) mass is 406 g/mol. The second-order valence-corrected chi connectivity index (χ2v) is 20.6. The van der Waals surface area contributed by atoms with Gasteiger partial charge in [-0.1, -0.05) is 112 Å². The molecule has 0 unspecified atom stereocenters. The van der Waals surface area contributed by atoms with Crippen molar-refractivity contribution in [2.24, 2.45) is 0 Å². The van der Waals surface area contributed by atoms with Gasteiger partial charge in [0.15, 0.2) is 0 Å². The van der Waals surface area contributed by atoms with Crippen molar-refractivity contribution in [2.45, 2.75) is 78.3 Å². The Bertz CT molecular complexity index is 900. The van der Waals surface area contributed by atoms with E-state index in [9.17, 15) is 0 Å². The minimum absolute atomic E-state index is 1.22. The molecule has 0 heterocycles. The smallest absolute Gasteiger partial charge is 0.0656 e. The predicted molar refractivity (Wildman–Crippen MR) is 135 cm³/mol. The highest BCUT2D eigenvalue weighted by atomic mass is 28.3. The standard InChI is InChI=1S/C26H38Si2/c1-8-9-10-11-16-22-25-20(14-12-17-23(25)27(2,3)4)19-21-15-13-18-24(26(21)22)28(5,6)7/h12-15,17-19H,8-11,16H2,1-7H3. The number of rotatable bonds is 7. The van der Waals surface area contributed by atoms with Gasteiger partial charge < -0.3 is 0 Å². The van der Waals surface area contributed by atoms with Gasteiger partial charge in [-0.3, -0.25) is 0 Å². The van der Waals surface area contributed by atoms with E-state index in [4.69, 9.17) is 0 Å². The molecule has 3 rings (SSSR count). The molecule has 0 N–H and O–H groups in total. The lowest BCUT2D eigenvalue weighted by Gasteiger charge is -2.26. The van der Waals surface area contributed by atoms with Gasteiger partial charge in [0.2, 0.25) is 0 Å². The Morgan fingerprint density at radius 2 is 1.14 bits per heavy atom. The van der Waals surface area contributed by atoms with Gasteiger partial charge in [0.05, 0.1) is 16.1 Å². The lowest BCUT2D eigenvalue weighted by atomic mass is 9.93. The van der Waals surface area contributed by atoms with E-state index in [-0.39, 0.29) is 0 Å². The lowest BCUT2D eigenvalue weighted by molar-refractivity contribution is 0.669. The highest BCUT2D eigenvalue weighted by Crippen LogP contribution is 2.31. The summed E-state index contributed by atoms with van der Waals surface area (Å²) in [5.41, 5.74) is 1.65. The molecule has 0 aromatic heterocycles. The molecule has 3 aromatic carbocycles. The Morgan fingerprint density at radius 3 is 1.57 bits per heavy atom. The molecule has 0 saturated carbocycles. The van der Waals surface area contributed by atoms with Gasteiger partial charge in [0.1, 0.15) is 0 Å². The summed E-state index contributed by atoms with van der Waals surface area (Å²) in [7, 11) is -2.85. The molecular weight excluding hydrogens is 368 g/mol. The Labute approximate surface area is 174 Å². The number of fused-ring (bicyclic) bond motifs is 2. The molecule has 0 aliphatic carbocycles. The second-order valence-electron chi connectivity index (χ2n) is 10.5. The zero-order chi connectivity index (χ0) is 20.5. The van der Waals surface area contributed by atoms with Crippen LogP contribution in [0.1, 0.15) is 38.2 Å². The first-order valence-corrected chi connectivity index (χ1v) is 18.1. The maximum absolute atomic E-state index is 2.50. The summed E-state index contributed by atoms with van der Waals surface area (Å²) in [6.45, 7) is 17.3. The molecule has 0 fully saturated rings. The van der Waals surface area contributed by atoms with Crippen LogP contribution in [-0.2, 0) is 6.42 Å². The van der Waals surface area contributed by atoms with Crippen LogP contribution in [0.25, 0.3) is 21.5 Å². The summed E-state index contributed by atoms with van der Waals surface area (Å²) in [5.74, 6) is 0. The first kappa shape index (κ1) is 21.3. The zero-order valence-corrected chi connectivity index (χ0v) is 21.1. The van der Waals surface area contributed by atoms with E-state index in [1.807, 2.05) is 0 Å². The summed E-state index contributed by atoms with van der Waals surface area (Å²) in [6.07, 6.45) is 6.53. The third kappa shape index (κ3) is 4.28. The fraction of sp³-hybridized carbons (Fsp3) is 0.462. The van der Waals surface area contributed by atoms with E-state index in [1.165, 1.54) is 42.9 Å². The van der Waals surface area contributed by atoms with E-state index < -0.39 is 16.1 Å². The molecule has 0 radical (unpaired) electrons. The highest BCUT2D eigenvalue weighted by molar-refractivity contribution is 6.91.